The van der Waals surface area contributed by atoms with Gasteiger partial charge in [-0.05, 0) is 20.3 Å². The van der Waals surface area contributed by atoms with Gasteiger partial charge in [-0.3, -0.25) is 9.69 Å². The van der Waals surface area contributed by atoms with E-state index in [1.165, 1.54) is 0 Å². The number of hydrogen-bond donors (Lipinski definition) is 2. The van der Waals surface area contributed by atoms with E-state index in [-0.39, 0.29) is 18.1 Å². The van der Waals surface area contributed by atoms with E-state index in [2.05, 4.69) is 5.32 Å². The van der Waals surface area contributed by atoms with Gasteiger partial charge in [0.25, 0.3) is 0 Å². The van der Waals surface area contributed by atoms with E-state index in [0.29, 0.717) is 13.1 Å². The molecular weight excluding hydrogens is 168 g/mol. The van der Waals surface area contributed by atoms with Crippen LogP contribution in [0.5, 0.6) is 0 Å². The van der Waals surface area contributed by atoms with Crippen LogP contribution >= 0.6 is 0 Å². The second kappa shape index (κ2) is 4.58. The Balaban J connectivity index is 2.38. The van der Waals surface area contributed by atoms with Crippen LogP contribution in [0.3, 0.4) is 0 Å². The molecule has 2 atom stereocenters. The summed E-state index contributed by atoms with van der Waals surface area (Å²) < 4.78 is 0. The summed E-state index contributed by atoms with van der Waals surface area (Å²) in [4.78, 5) is 13.4. The van der Waals surface area contributed by atoms with Gasteiger partial charge >= 0.3 is 0 Å². The molecule has 1 saturated heterocycles. The molecule has 4 heteroatoms. The second-order valence-corrected chi connectivity index (χ2v) is 3.51. The van der Waals surface area contributed by atoms with E-state index in [0.717, 1.165) is 13.0 Å². The van der Waals surface area contributed by atoms with Crippen molar-refractivity contribution in [2.24, 2.45) is 0 Å². The molecule has 0 saturated carbocycles. The fraction of sp³-hybridized carbons (Fsp3) is 0.889. The lowest BCUT2D eigenvalue weighted by Crippen LogP contribution is -2.44. The minimum absolute atomic E-state index is 0.0524. The van der Waals surface area contributed by atoms with Crippen LogP contribution in [0.2, 0.25) is 0 Å². The highest BCUT2D eigenvalue weighted by Crippen LogP contribution is 2.12. The summed E-state index contributed by atoms with van der Waals surface area (Å²) in [7, 11) is 0. The first-order valence-electron chi connectivity index (χ1n) is 4.85. The average molecular weight is 186 g/mol. The Morgan fingerprint density at radius 1 is 1.77 bits per heavy atom. The zero-order valence-electron chi connectivity index (χ0n) is 8.29. The highest BCUT2D eigenvalue weighted by molar-refractivity contribution is 5.81. The van der Waals surface area contributed by atoms with Gasteiger partial charge in [0.1, 0.15) is 0 Å². The topological polar surface area (TPSA) is 52.6 Å². The monoisotopic (exact) mass is 186 g/mol. The van der Waals surface area contributed by atoms with Gasteiger partial charge < -0.3 is 10.4 Å². The highest BCUT2D eigenvalue weighted by Gasteiger charge is 2.27. The Hall–Kier alpha value is -0.610. The molecular formula is C9H18N2O2. The molecule has 0 spiro atoms. The molecule has 4 nitrogen and oxygen atoms in total. The predicted octanol–water partition coefficient (Wildman–Crippen LogP) is -0.422. The first-order valence-corrected chi connectivity index (χ1v) is 4.85. The third kappa shape index (κ3) is 2.67. The van der Waals surface area contributed by atoms with E-state index in [9.17, 15) is 9.90 Å². The maximum atomic E-state index is 11.4. The first-order chi connectivity index (χ1) is 6.15. The Morgan fingerprint density at radius 2 is 2.46 bits per heavy atom. The quantitative estimate of drug-likeness (QED) is 0.629. The summed E-state index contributed by atoms with van der Waals surface area (Å²) in [5.74, 6) is 0.0524. The smallest absolute Gasteiger partial charge is 0.237 e. The van der Waals surface area contributed by atoms with Crippen LogP contribution in [-0.4, -0.2) is 47.7 Å². The van der Waals surface area contributed by atoms with E-state index < -0.39 is 0 Å². The highest BCUT2D eigenvalue weighted by atomic mass is 16.3. The summed E-state index contributed by atoms with van der Waals surface area (Å²) in [6.45, 7) is 5.89. The Kier molecular flexibility index (Phi) is 3.69. The third-order valence-corrected chi connectivity index (χ3v) is 2.47. The van der Waals surface area contributed by atoms with Gasteiger partial charge in [-0.2, -0.15) is 0 Å². The molecule has 0 aromatic heterocycles. The molecule has 1 amide bonds. The molecule has 2 N–H and O–H groups in total. The molecule has 0 aromatic carbocycles. The number of carbonyl (C=O) groups is 1. The van der Waals surface area contributed by atoms with Gasteiger partial charge in [0.15, 0.2) is 0 Å². The standard InChI is InChI=1S/C9H18N2O2/c1-3-10-9(13)7(2)11-5-4-8(12)6-11/h7-8,12H,3-6H2,1-2H3,(H,10,13)/t7?,8-/m0/s1. The van der Waals surface area contributed by atoms with E-state index in [1.807, 2.05) is 18.7 Å². The molecule has 0 radical (unpaired) electrons. The molecule has 13 heavy (non-hydrogen) atoms. The third-order valence-electron chi connectivity index (χ3n) is 2.47. The van der Waals surface area contributed by atoms with Crippen LogP contribution in [0.25, 0.3) is 0 Å². The predicted molar refractivity (Wildman–Crippen MR) is 50.3 cm³/mol. The van der Waals surface area contributed by atoms with Gasteiger partial charge in [0, 0.05) is 19.6 Å². The molecule has 76 valence electrons. The van der Waals surface area contributed by atoms with Gasteiger partial charge in [-0.25, -0.2) is 0 Å². The number of rotatable bonds is 3. The minimum atomic E-state index is -0.253. The van der Waals surface area contributed by atoms with Crippen molar-refractivity contribution in [3.8, 4) is 0 Å². The summed E-state index contributed by atoms with van der Waals surface area (Å²) in [5, 5.41) is 12.1. The van der Waals surface area contributed by atoms with Crippen molar-refractivity contribution in [2.75, 3.05) is 19.6 Å². The summed E-state index contributed by atoms with van der Waals surface area (Å²) in [6.07, 6.45) is 0.529. The number of aliphatic hydroxyl groups excluding tert-OH is 1. The molecule has 0 aliphatic carbocycles. The first kappa shape index (κ1) is 10.5. The Bertz CT molecular complexity index is 184. The van der Waals surface area contributed by atoms with E-state index in [4.69, 9.17) is 0 Å². The van der Waals surface area contributed by atoms with Crippen molar-refractivity contribution in [2.45, 2.75) is 32.4 Å². The van der Waals surface area contributed by atoms with E-state index >= 15 is 0 Å². The van der Waals surface area contributed by atoms with Crippen molar-refractivity contribution < 1.29 is 9.90 Å². The molecule has 1 aliphatic rings. The van der Waals surface area contributed by atoms with Crippen molar-refractivity contribution in [1.82, 2.24) is 10.2 Å². The van der Waals surface area contributed by atoms with Crippen molar-refractivity contribution >= 4 is 5.91 Å². The number of aliphatic hydroxyl groups is 1. The van der Waals surface area contributed by atoms with E-state index in [1.54, 1.807) is 0 Å². The van der Waals surface area contributed by atoms with Crippen molar-refractivity contribution in [3.63, 3.8) is 0 Å². The number of nitrogens with one attached hydrogen (secondary N) is 1. The lowest BCUT2D eigenvalue weighted by Gasteiger charge is -2.22. The fourth-order valence-electron chi connectivity index (χ4n) is 1.61. The number of hydrogen-bond acceptors (Lipinski definition) is 3. The molecule has 1 rings (SSSR count). The molecule has 0 bridgehead atoms. The van der Waals surface area contributed by atoms with Gasteiger partial charge in [-0.1, -0.05) is 0 Å². The van der Waals surface area contributed by atoms with Crippen molar-refractivity contribution in [1.29, 1.82) is 0 Å². The zero-order chi connectivity index (χ0) is 9.84. The number of β-amino-alcohol motifs (C(OH)–C–C–N with tert-alkyl or cyclic N) is 1. The number of carbonyl (C=O) groups excluding carboxylic acids is 1. The summed E-state index contributed by atoms with van der Waals surface area (Å²) in [6, 6.07) is -0.114. The van der Waals surface area contributed by atoms with Crippen LogP contribution in [-0.2, 0) is 4.79 Å². The minimum Gasteiger partial charge on any atom is -0.392 e. The zero-order valence-corrected chi connectivity index (χ0v) is 8.29. The number of amides is 1. The van der Waals surface area contributed by atoms with Crippen LogP contribution in [0.15, 0.2) is 0 Å². The maximum absolute atomic E-state index is 11.4. The van der Waals surface area contributed by atoms with Gasteiger partial charge in [0.05, 0.1) is 12.1 Å². The van der Waals surface area contributed by atoms with Crippen LogP contribution in [0.4, 0.5) is 0 Å². The number of likely N-dealkylation sites (N-methyl/N-ethyl adjacent to an activating group) is 1. The fourth-order valence-corrected chi connectivity index (χ4v) is 1.61. The van der Waals surface area contributed by atoms with Crippen LogP contribution in [0, 0.1) is 0 Å². The van der Waals surface area contributed by atoms with Crippen LogP contribution < -0.4 is 5.32 Å². The summed E-state index contributed by atoms with van der Waals surface area (Å²) in [5.41, 5.74) is 0. The SMILES string of the molecule is CCNC(=O)C(C)N1CC[C@H](O)C1. The molecule has 1 heterocycles. The molecule has 1 fully saturated rings. The lowest BCUT2D eigenvalue weighted by molar-refractivity contribution is -0.125. The summed E-state index contributed by atoms with van der Waals surface area (Å²) >= 11 is 0. The van der Waals surface area contributed by atoms with Crippen molar-refractivity contribution in [3.05, 3.63) is 0 Å². The lowest BCUT2D eigenvalue weighted by atomic mass is 10.3. The molecule has 0 aromatic rings. The molecule has 1 unspecified atom stereocenters. The van der Waals surface area contributed by atoms with Gasteiger partial charge in [-0.15, -0.1) is 0 Å². The second-order valence-electron chi connectivity index (χ2n) is 3.51. The average Bonchev–Trinajstić information content (AvgIpc) is 2.51. The van der Waals surface area contributed by atoms with Crippen LogP contribution in [0.1, 0.15) is 20.3 Å². The number of likely N-dealkylation sites (tertiary alicyclic amines) is 1. The number of nitrogens with zero attached hydrogens (tertiary/aromatic N) is 1. The Labute approximate surface area is 78.9 Å². The maximum Gasteiger partial charge on any atom is 0.237 e. The Morgan fingerprint density at radius 3 is 2.92 bits per heavy atom. The van der Waals surface area contributed by atoms with Gasteiger partial charge in [0.2, 0.25) is 5.91 Å². The largest absolute Gasteiger partial charge is 0.392 e. The normalized spacial score (nSPS) is 25.9. The molecule has 1 aliphatic heterocycles.